The topological polar surface area (TPSA) is 79.5 Å². The minimum atomic E-state index is -0.101. The SMILES string of the molecule is CNC(=O)c1ccc(CN=C(N)Nc2ccc(C)c(C)c2)cc1. The van der Waals surface area contributed by atoms with Crippen LogP contribution in [0.25, 0.3) is 0 Å². The van der Waals surface area contributed by atoms with Gasteiger partial charge in [0, 0.05) is 18.3 Å². The Hall–Kier alpha value is -2.82. The van der Waals surface area contributed by atoms with Gasteiger partial charge < -0.3 is 16.4 Å². The van der Waals surface area contributed by atoms with Gasteiger partial charge in [-0.1, -0.05) is 18.2 Å². The lowest BCUT2D eigenvalue weighted by Gasteiger charge is -2.08. The molecule has 23 heavy (non-hydrogen) atoms. The Morgan fingerprint density at radius 3 is 2.39 bits per heavy atom. The van der Waals surface area contributed by atoms with Crippen LogP contribution in [0.5, 0.6) is 0 Å². The Balaban J connectivity index is 1.98. The number of aryl methyl sites for hydroxylation is 2. The van der Waals surface area contributed by atoms with Crippen LogP contribution in [0.4, 0.5) is 5.69 Å². The van der Waals surface area contributed by atoms with Gasteiger partial charge in [-0.3, -0.25) is 4.79 Å². The number of amides is 1. The van der Waals surface area contributed by atoms with Crippen LogP contribution in [0, 0.1) is 13.8 Å². The van der Waals surface area contributed by atoms with Crippen molar-refractivity contribution in [2.75, 3.05) is 12.4 Å². The largest absolute Gasteiger partial charge is 0.370 e. The van der Waals surface area contributed by atoms with Gasteiger partial charge in [0.15, 0.2) is 5.96 Å². The lowest BCUT2D eigenvalue weighted by molar-refractivity contribution is 0.0963. The van der Waals surface area contributed by atoms with Gasteiger partial charge in [-0.25, -0.2) is 4.99 Å². The Kier molecular flexibility index (Phi) is 5.36. The number of rotatable bonds is 4. The van der Waals surface area contributed by atoms with Crippen LogP contribution < -0.4 is 16.4 Å². The summed E-state index contributed by atoms with van der Waals surface area (Å²) in [6.07, 6.45) is 0. The highest BCUT2D eigenvalue weighted by Crippen LogP contribution is 2.14. The molecule has 0 aromatic heterocycles. The zero-order chi connectivity index (χ0) is 16.8. The molecule has 0 aliphatic carbocycles. The van der Waals surface area contributed by atoms with E-state index >= 15 is 0 Å². The third-order valence-electron chi connectivity index (χ3n) is 3.65. The summed E-state index contributed by atoms with van der Waals surface area (Å²) in [7, 11) is 1.61. The molecule has 0 aliphatic rings. The first-order chi connectivity index (χ1) is 11.0. The summed E-state index contributed by atoms with van der Waals surface area (Å²) in [5, 5.41) is 5.67. The number of carbonyl (C=O) groups excluding carboxylic acids is 1. The summed E-state index contributed by atoms with van der Waals surface area (Å²) < 4.78 is 0. The zero-order valence-electron chi connectivity index (χ0n) is 13.7. The highest BCUT2D eigenvalue weighted by Gasteiger charge is 2.02. The predicted molar refractivity (Wildman–Crippen MR) is 94.7 cm³/mol. The van der Waals surface area contributed by atoms with Crippen LogP contribution in [0.15, 0.2) is 47.5 Å². The zero-order valence-corrected chi connectivity index (χ0v) is 13.7. The number of anilines is 1. The normalized spacial score (nSPS) is 11.2. The number of nitrogens with two attached hydrogens (primary N) is 1. The van der Waals surface area contributed by atoms with Crippen LogP contribution >= 0.6 is 0 Å². The van der Waals surface area contributed by atoms with Crippen molar-refractivity contribution < 1.29 is 4.79 Å². The maximum atomic E-state index is 11.5. The number of hydrogen-bond acceptors (Lipinski definition) is 2. The van der Waals surface area contributed by atoms with Gasteiger partial charge in [-0.05, 0) is 54.8 Å². The van der Waals surface area contributed by atoms with Crippen molar-refractivity contribution in [2.45, 2.75) is 20.4 Å². The number of aliphatic imine (C=N–C) groups is 1. The molecule has 4 N–H and O–H groups in total. The molecular weight excluding hydrogens is 288 g/mol. The first kappa shape index (κ1) is 16.5. The molecule has 2 aromatic carbocycles. The summed E-state index contributed by atoms with van der Waals surface area (Å²) in [6, 6.07) is 13.4. The van der Waals surface area contributed by atoms with Gasteiger partial charge in [0.2, 0.25) is 0 Å². The maximum Gasteiger partial charge on any atom is 0.251 e. The number of guanidine groups is 1. The minimum absolute atomic E-state index is 0.101. The van der Waals surface area contributed by atoms with Crippen LogP contribution in [0.1, 0.15) is 27.0 Å². The van der Waals surface area contributed by atoms with Crippen LogP contribution in [-0.4, -0.2) is 18.9 Å². The third-order valence-corrected chi connectivity index (χ3v) is 3.65. The molecule has 0 unspecified atom stereocenters. The summed E-state index contributed by atoms with van der Waals surface area (Å²) >= 11 is 0. The maximum absolute atomic E-state index is 11.5. The molecule has 2 aromatic rings. The van der Waals surface area contributed by atoms with Gasteiger partial charge in [0.25, 0.3) is 5.91 Å². The summed E-state index contributed by atoms with van der Waals surface area (Å²) in [5.41, 5.74) is 10.9. The van der Waals surface area contributed by atoms with Gasteiger partial charge in [0.1, 0.15) is 0 Å². The predicted octanol–water partition coefficient (Wildman–Crippen LogP) is 2.59. The van der Waals surface area contributed by atoms with Crippen molar-refractivity contribution in [3.05, 3.63) is 64.7 Å². The van der Waals surface area contributed by atoms with E-state index in [0.717, 1.165) is 11.3 Å². The van der Waals surface area contributed by atoms with Crippen molar-refractivity contribution in [3.63, 3.8) is 0 Å². The average Bonchev–Trinajstić information content (AvgIpc) is 2.56. The quantitative estimate of drug-likeness (QED) is 0.600. The highest BCUT2D eigenvalue weighted by atomic mass is 16.1. The van der Waals surface area contributed by atoms with Crippen LogP contribution in [0.2, 0.25) is 0 Å². The number of nitrogens with one attached hydrogen (secondary N) is 2. The minimum Gasteiger partial charge on any atom is -0.370 e. The average molecular weight is 310 g/mol. The van der Waals surface area contributed by atoms with E-state index in [1.807, 2.05) is 30.3 Å². The fourth-order valence-corrected chi connectivity index (χ4v) is 2.09. The smallest absolute Gasteiger partial charge is 0.251 e. The molecule has 0 spiro atoms. The third kappa shape index (κ3) is 4.57. The molecule has 2 rings (SSSR count). The van der Waals surface area contributed by atoms with E-state index in [4.69, 9.17) is 5.73 Å². The number of carbonyl (C=O) groups is 1. The second-order valence-electron chi connectivity index (χ2n) is 5.40. The number of nitrogens with zero attached hydrogens (tertiary/aromatic N) is 1. The van der Waals surface area contributed by atoms with Crippen molar-refractivity contribution in [1.82, 2.24) is 5.32 Å². The summed E-state index contributed by atoms with van der Waals surface area (Å²) in [4.78, 5) is 15.8. The van der Waals surface area contributed by atoms with Gasteiger partial charge in [-0.2, -0.15) is 0 Å². The number of hydrogen-bond donors (Lipinski definition) is 3. The Labute approximate surface area is 136 Å². The molecule has 0 aliphatic heterocycles. The van der Waals surface area contributed by atoms with Crippen LogP contribution in [-0.2, 0) is 6.54 Å². The van der Waals surface area contributed by atoms with Gasteiger partial charge in [-0.15, -0.1) is 0 Å². The standard InChI is InChI=1S/C18H22N4O/c1-12-4-9-16(10-13(12)2)22-18(19)21-11-14-5-7-15(8-6-14)17(23)20-3/h4-10H,11H2,1-3H3,(H,20,23)(H3,19,21,22). The first-order valence-corrected chi connectivity index (χ1v) is 7.45. The molecule has 5 heteroatoms. The van der Waals surface area contributed by atoms with Crippen molar-refractivity contribution in [3.8, 4) is 0 Å². The van der Waals surface area contributed by atoms with Crippen molar-refractivity contribution >= 4 is 17.6 Å². The fraction of sp³-hybridized carbons (Fsp3) is 0.222. The Morgan fingerprint density at radius 1 is 1.09 bits per heavy atom. The lowest BCUT2D eigenvalue weighted by Crippen LogP contribution is -2.22. The van der Waals surface area contributed by atoms with Crippen molar-refractivity contribution in [2.24, 2.45) is 10.7 Å². The van der Waals surface area contributed by atoms with E-state index in [0.29, 0.717) is 18.1 Å². The van der Waals surface area contributed by atoms with E-state index in [1.165, 1.54) is 11.1 Å². The summed E-state index contributed by atoms with van der Waals surface area (Å²) in [5.74, 6) is 0.264. The monoisotopic (exact) mass is 310 g/mol. The number of benzene rings is 2. The fourth-order valence-electron chi connectivity index (χ4n) is 2.09. The molecule has 120 valence electrons. The lowest BCUT2D eigenvalue weighted by atomic mass is 10.1. The first-order valence-electron chi connectivity index (χ1n) is 7.45. The molecule has 0 radical (unpaired) electrons. The molecule has 0 saturated carbocycles. The molecule has 1 amide bonds. The van der Waals surface area contributed by atoms with E-state index in [9.17, 15) is 4.79 Å². The van der Waals surface area contributed by atoms with Crippen molar-refractivity contribution in [1.29, 1.82) is 0 Å². The highest BCUT2D eigenvalue weighted by molar-refractivity contribution is 5.94. The van der Waals surface area contributed by atoms with Crippen LogP contribution in [0.3, 0.4) is 0 Å². The second kappa shape index (κ2) is 7.45. The van der Waals surface area contributed by atoms with E-state index in [-0.39, 0.29) is 5.91 Å². The molecule has 0 heterocycles. The Morgan fingerprint density at radius 2 is 1.78 bits per heavy atom. The molecule has 0 saturated heterocycles. The van der Waals surface area contributed by atoms with Gasteiger partial charge in [0.05, 0.1) is 6.54 Å². The van der Waals surface area contributed by atoms with E-state index < -0.39 is 0 Å². The molecule has 0 atom stereocenters. The molecular formula is C18H22N4O. The van der Waals surface area contributed by atoms with Gasteiger partial charge >= 0.3 is 0 Å². The summed E-state index contributed by atoms with van der Waals surface area (Å²) in [6.45, 7) is 4.58. The second-order valence-corrected chi connectivity index (χ2v) is 5.40. The van der Waals surface area contributed by atoms with E-state index in [2.05, 4.69) is 29.5 Å². The molecule has 5 nitrogen and oxygen atoms in total. The van der Waals surface area contributed by atoms with E-state index in [1.54, 1.807) is 19.2 Å². The Bertz CT molecular complexity index is 720. The molecule has 0 fully saturated rings. The molecule has 0 bridgehead atoms.